The maximum absolute atomic E-state index is 13.0. The molecule has 19 heavy (non-hydrogen) atoms. The third kappa shape index (κ3) is 3.99. The lowest BCUT2D eigenvalue weighted by molar-refractivity contribution is -0.149. The maximum Gasteiger partial charge on any atom is 0.310 e. The van der Waals surface area contributed by atoms with Gasteiger partial charge in [-0.1, -0.05) is 13.8 Å². The first-order valence-corrected chi connectivity index (χ1v) is 6.32. The van der Waals surface area contributed by atoms with Crippen LogP contribution in [0.1, 0.15) is 32.3 Å². The molecule has 0 aliphatic rings. The summed E-state index contributed by atoms with van der Waals surface area (Å²) >= 11 is 0. The maximum atomic E-state index is 13.0. The predicted octanol–water partition coefficient (Wildman–Crippen LogP) is 2.95. The van der Waals surface area contributed by atoms with Crippen LogP contribution in [0.4, 0.5) is 8.78 Å². The van der Waals surface area contributed by atoms with E-state index in [0.717, 1.165) is 6.07 Å². The average Bonchev–Trinajstić information content (AvgIpc) is 2.33. The molecule has 0 saturated carbocycles. The molecule has 0 spiro atoms. The number of carbonyl (C=O) groups is 1. The average molecular weight is 271 g/mol. The van der Waals surface area contributed by atoms with Gasteiger partial charge in [-0.3, -0.25) is 4.79 Å². The van der Waals surface area contributed by atoms with Crippen molar-refractivity contribution < 1.29 is 18.7 Å². The first-order chi connectivity index (χ1) is 8.93. The Morgan fingerprint density at radius 3 is 2.16 bits per heavy atom. The standard InChI is InChI=1S/C14H19F2NO2/c1-3-14(4-2,13(18)19)9-17-8-10-5-11(15)7-12(16)6-10/h5-7,17H,3-4,8-9H2,1-2H3,(H,18,19). The van der Waals surface area contributed by atoms with Crippen molar-refractivity contribution in [2.45, 2.75) is 33.2 Å². The smallest absolute Gasteiger partial charge is 0.310 e. The number of benzene rings is 1. The Morgan fingerprint density at radius 2 is 1.74 bits per heavy atom. The molecule has 1 aromatic rings. The summed E-state index contributed by atoms with van der Waals surface area (Å²) in [6.45, 7) is 4.15. The van der Waals surface area contributed by atoms with Gasteiger partial charge in [-0.2, -0.15) is 0 Å². The second-order valence-corrected chi connectivity index (χ2v) is 4.67. The largest absolute Gasteiger partial charge is 0.481 e. The Labute approximate surface area is 111 Å². The third-order valence-electron chi connectivity index (χ3n) is 3.52. The molecule has 5 heteroatoms. The minimum Gasteiger partial charge on any atom is -0.481 e. The fourth-order valence-corrected chi connectivity index (χ4v) is 2.04. The molecule has 2 N–H and O–H groups in total. The lowest BCUT2D eigenvalue weighted by Crippen LogP contribution is -2.40. The Bertz CT molecular complexity index is 425. The molecule has 0 aliphatic heterocycles. The Hall–Kier alpha value is -1.49. The van der Waals surface area contributed by atoms with Crippen molar-refractivity contribution in [1.29, 1.82) is 0 Å². The van der Waals surface area contributed by atoms with Gasteiger partial charge in [-0.15, -0.1) is 0 Å². The normalized spacial score (nSPS) is 11.6. The Morgan fingerprint density at radius 1 is 1.21 bits per heavy atom. The molecule has 3 nitrogen and oxygen atoms in total. The van der Waals surface area contributed by atoms with Crippen molar-refractivity contribution in [3.63, 3.8) is 0 Å². The number of hydrogen-bond donors (Lipinski definition) is 2. The highest BCUT2D eigenvalue weighted by molar-refractivity contribution is 5.74. The van der Waals surface area contributed by atoms with Gasteiger partial charge in [0, 0.05) is 19.2 Å². The number of carboxylic acid groups (broad SMARTS) is 1. The topological polar surface area (TPSA) is 49.3 Å². The molecule has 0 fully saturated rings. The molecule has 106 valence electrons. The summed E-state index contributed by atoms with van der Waals surface area (Å²) < 4.78 is 26.0. The second kappa shape index (κ2) is 6.61. The van der Waals surface area contributed by atoms with E-state index in [4.69, 9.17) is 0 Å². The van der Waals surface area contributed by atoms with Crippen molar-refractivity contribution in [2.24, 2.45) is 5.41 Å². The summed E-state index contributed by atoms with van der Waals surface area (Å²) in [5, 5.41) is 12.2. The minimum absolute atomic E-state index is 0.240. The monoisotopic (exact) mass is 271 g/mol. The fraction of sp³-hybridized carbons (Fsp3) is 0.500. The van der Waals surface area contributed by atoms with Gasteiger partial charge in [0.15, 0.2) is 0 Å². The molecular formula is C14H19F2NO2. The first kappa shape index (κ1) is 15.6. The third-order valence-corrected chi connectivity index (χ3v) is 3.52. The van der Waals surface area contributed by atoms with E-state index in [1.807, 2.05) is 13.8 Å². The van der Waals surface area contributed by atoms with Gasteiger partial charge in [-0.25, -0.2) is 8.78 Å². The van der Waals surface area contributed by atoms with Gasteiger partial charge in [0.2, 0.25) is 0 Å². The van der Waals surface area contributed by atoms with Crippen LogP contribution in [0.5, 0.6) is 0 Å². The van der Waals surface area contributed by atoms with Crippen LogP contribution in [-0.4, -0.2) is 17.6 Å². The molecule has 0 aliphatic carbocycles. The van der Waals surface area contributed by atoms with E-state index < -0.39 is 23.0 Å². The molecule has 0 atom stereocenters. The lowest BCUT2D eigenvalue weighted by atomic mass is 9.82. The number of carboxylic acids is 1. The molecule has 0 saturated heterocycles. The van der Waals surface area contributed by atoms with Gasteiger partial charge >= 0.3 is 5.97 Å². The van der Waals surface area contributed by atoms with E-state index in [1.165, 1.54) is 12.1 Å². The molecule has 0 amide bonds. The number of aliphatic carboxylic acids is 1. The minimum atomic E-state index is -0.851. The van der Waals surface area contributed by atoms with Crippen molar-refractivity contribution >= 4 is 5.97 Å². The molecule has 0 heterocycles. The zero-order chi connectivity index (χ0) is 14.5. The van der Waals surface area contributed by atoms with E-state index in [9.17, 15) is 18.7 Å². The molecule has 0 unspecified atom stereocenters. The fourth-order valence-electron chi connectivity index (χ4n) is 2.04. The lowest BCUT2D eigenvalue weighted by Gasteiger charge is -2.27. The van der Waals surface area contributed by atoms with Crippen molar-refractivity contribution in [3.05, 3.63) is 35.4 Å². The number of nitrogens with one attached hydrogen (secondary N) is 1. The summed E-state index contributed by atoms with van der Waals surface area (Å²) in [5.74, 6) is -2.12. The van der Waals surface area contributed by atoms with Crippen LogP contribution in [0.25, 0.3) is 0 Å². The molecule has 0 bridgehead atoms. The quantitative estimate of drug-likeness (QED) is 0.801. The summed E-state index contributed by atoms with van der Waals surface area (Å²) in [5.41, 5.74) is -0.365. The van der Waals surface area contributed by atoms with E-state index in [2.05, 4.69) is 5.32 Å². The van der Waals surface area contributed by atoms with Crippen molar-refractivity contribution in [1.82, 2.24) is 5.32 Å². The van der Waals surface area contributed by atoms with Gasteiger partial charge < -0.3 is 10.4 Å². The Kier molecular flexibility index (Phi) is 5.42. The highest BCUT2D eigenvalue weighted by atomic mass is 19.1. The van der Waals surface area contributed by atoms with Crippen LogP contribution >= 0.6 is 0 Å². The van der Waals surface area contributed by atoms with Crippen molar-refractivity contribution in [3.8, 4) is 0 Å². The van der Waals surface area contributed by atoms with Crippen LogP contribution in [-0.2, 0) is 11.3 Å². The van der Waals surface area contributed by atoms with Gasteiger partial charge in [0.1, 0.15) is 11.6 Å². The SMILES string of the molecule is CCC(CC)(CNCc1cc(F)cc(F)c1)C(=O)O. The highest BCUT2D eigenvalue weighted by Crippen LogP contribution is 2.25. The first-order valence-electron chi connectivity index (χ1n) is 6.32. The molecule has 1 rings (SSSR count). The van der Waals surface area contributed by atoms with Crippen molar-refractivity contribution in [2.75, 3.05) is 6.54 Å². The molecule has 1 aromatic carbocycles. The van der Waals surface area contributed by atoms with E-state index in [-0.39, 0.29) is 13.1 Å². The highest BCUT2D eigenvalue weighted by Gasteiger charge is 2.34. The van der Waals surface area contributed by atoms with Gasteiger partial charge in [0.25, 0.3) is 0 Å². The van der Waals surface area contributed by atoms with Crippen LogP contribution in [0.3, 0.4) is 0 Å². The van der Waals surface area contributed by atoms with Crippen LogP contribution in [0, 0.1) is 17.0 Å². The number of hydrogen-bond acceptors (Lipinski definition) is 2. The molecular weight excluding hydrogens is 252 g/mol. The predicted molar refractivity (Wildman–Crippen MR) is 68.7 cm³/mol. The van der Waals surface area contributed by atoms with Crippen LogP contribution < -0.4 is 5.32 Å². The van der Waals surface area contributed by atoms with E-state index in [0.29, 0.717) is 18.4 Å². The molecule has 0 aromatic heterocycles. The Balaban J connectivity index is 2.64. The summed E-state index contributed by atoms with van der Waals surface area (Å²) in [6.07, 6.45) is 1.01. The zero-order valence-electron chi connectivity index (χ0n) is 11.2. The van der Waals surface area contributed by atoms with E-state index in [1.54, 1.807) is 0 Å². The number of halogens is 2. The summed E-state index contributed by atoms with van der Waals surface area (Å²) in [7, 11) is 0. The molecule has 0 radical (unpaired) electrons. The van der Waals surface area contributed by atoms with Crippen LogP contribution in [0.15, 0.2) is 18.2 Å². The summed E-state index contributed by atoms with van der Waals surface area (Å²) in [6, 6.07) is 3.27. The summed E-state index contributed by atoms with van der Waals surface area (Å²) in [4.78, 5) is 11.3. The van der Waals surface area contributed by atoms with Gasteiger partial charge in [0.05, 0.1) is 5.41 Å². The van der Waals surface area contributed by atoms with Gasteiger partial charge in [-0.05, 0) is 30.5 Å². The zero-order valence-corrected chi connectivity index (χ0v) is 11.2. The van der Waals surface area contributed by atoms with Crippen LogP contribution in [0.2, 0.25) is 0 Å². The second-order valence-electron chi connectivity index (χ2n) is 4.67. The van der Waals surface area contributed by atoms with E-state index >= 15 is 0 Å². The number of rotatable bonds is 7.